The van der Waals surface area contributed by atoms with E-state index in [1.165, 1.54) is 11.3 Å². The highest BCUT2D eigenvalue weighted by Gasteiger charge is 2.10. The maximum absolute atomic E-state index is 5.36. The Labute approximate surface area is 173 Å². The Morgan fingerprint density at radius 2 is 1.48 bits per heavy atom. The third kappa shape index (κ3) is 4.60. The van der Waals surface area contributed by atoms with E-state index < -0.39 is 0 Å². The van der Waals surface area contributed by atoms with Crippen molar-refractivity contribution in [3.05, 3.63) is 47.3 Å². The molecule has 0 amide bonds. The van der Waals surface area contributed by atoms with Gasteiger partial charge in [-0.3, -0.25) is 5.43 Å². The largest absolute Gasteiger partial charge is 0.493 e. The number of thiazole rings is 1. The van der Waals surface area contributed by atoms with Crippen LogP contribution in [-0.4, -0.2) is 39.1 Å². The van der Waals surface area contributed by atoms with Gasteiger partial charge in [0.15, 0.2) is 23.0 Å². The average molecular weight is 413 g/mol. The highest BCUT2D eigenvalue weighted by Crippen LogP contribution is 2.33. The molecule has 0 aliphatic rings. The lowest BCUT2D eigenvalue weighted by Crippen LogP contribution is -2.01. The summed E-state index contributed by atoms with van der Waals surface area (Å²) >= 11 is 1.47. The molecule has 29 heavy (non-hydrogen) atoms. The maximum Gasteiger partial charge on any atom is 0.203 e. The molecule has 0 spiro atoms. The number of ether oxygens (including phenoxy) is 4. The average Bonchev–Trinajstić information content (AvgIpc) is 3.25. The Balaban J connectivity index is 1.76. The van der Waals surface area contributed by atoms with Gasteiger partial charge in [-0.2, -0.15) is 5.10 Å². The molecule has 0 atom stereocenters. The minimum Gasteiger partial charge on any atom is -0.493 e. The number of hydrogen-bond acceptors (Lipinski definition) is 8. The molecule has 0 radical (unpaired) electrons. The summed E-state index contributed by atoms with van der Waals surface area (Å²) in [6.45, 7) is 1.91. The molecule has 3 aromatic rings. The van der Waals surface area contributed by atoms with Gasteiger partial charge in [-0.05, 0) is 43.3 Å². The monoisotopic (exact) mass is 413 g/mol. The molecule has 0 aliphatic heterocycles. The van der Waals surface area contributed by atoms with Crippen LogP contribution < -0.4 is 24.4 Å². The van der Waals surface area contributed by atoms with Crippen molar-refractivity contribution in [1.82, 2.24) is 4.98 Å². The summed E-state index contributed by atoms with van der Waals surface area (Å²) in [5, 5.41) is 7.09. The van der Waals surface area contributed by atoms with E-state index in [9.17, 15) is 0 Å². The second kappa shape index (κ2) is 9.29. The van der Waals surface area contributed by atoms with E-state index in [0.29, 0.717) is 28.1 Å². The first-order chi connectivity index (χ1) is 14.1. The Morgan fingerprint density at radius 1 is 0.862 bits per heavy atom. The number of aromatic nitrogens is 1. The van der Waals surface area contributed by atoms with Gasteiger partial charge in [0.2, 0.25) is 5.13 Å². The molecule has 0 saturated carbocycles. The normalized spacial score (nSPS) is 11.1. The summed E-state index contributed by atoms with van der Waals surface area (Å²) in [6.07, 6.45) is 0. The fourth-order valence-corrected chi connectivity index (χ4v) is 3.37. The van der Waals surface area contributed by atoms with Crippen molar-refractivity contribution in [1.29, 1.82) is 0 Å². The minimum absolute atomic E-state index is 0.657. The van der Waals surface area contributed by atoms with Crippen LogP contribution in [0.25, 0.3) is 11.3 Å². The van der Waals surface area contributed by atoms with Crippen molar-refractivity contribution in [2.75, 3.05) is 33.9 Å². The molecule has 7 nitrogen and oxygen atoms in total. The van der Waals surface area contributed by atoms with Crippen LogP contribution in [0.15, 0.2) is 46.9 Å². The molecule has 152 valence electrons. The van der Waals surface area contributed by atoms with E-state index in [1.54, 1.807) is 28.4 Å². The number of methoxy groups -OCH3 is 4. The molecule has 1 N–H and O–H groups in total. The van der Waals surface area contributed by atoms with E-state index in [1.807, 2.05) is 48.7 Å². The quantitative estimate of drug-likeness (QED) is 0.427. The Bertz CT molecular complexity index is 1020. The molecule has 0 bridgehead atoms. The van der Waals surface area contributed by atoms with Gasteiger partial charge in [0.25, 0.3) is 0 Å². The van der Waals surface area contributed by atoms with Crippen LogP contribution in [0.3, 0.4) is 0 Å². The zero-order chi connectivity index (χ0) is 20.8. The molecule has 0 unspecified atom stereocenters. The first-order valence-electron chi connectivity index (χ1n) is 8.80. The summed E-state index contributed by atoms with van der Waals surface area (Å²) in [7, 11) is 6.44. The first kappa shape index (κ1) is 20.5. The fourth-order valence-electron chi connectivity index (χ4n) is 2.71. The van der Waals surface area contributed by atoms with Crippen molar-refractivity contribution in [2.45, 2.75) is 6.92 Å². The Hall–Kier alpha value is -3.26. The van der Waals surface area contributed by atoms with E-state index in [2.05, 4.69) is 15.5 Å². The summed E-state index contributed by atoms with van der Waals surface area (Å²) in [4.78, 5) is 4.60. The third-order valence-electron chi connectivity index (χ3n) is 4.30. The Kier molecular flexibility index (Phi) is 6.56. The van der Waals surface area contributed by atoms with Gasteiger partial charge in [-0.15, -0.1) is 11.3 Å². The highest BCUT2D eigenvalue weighted by molar-refractivity contribution is 7.14. The van der Waals surface area contributed by atoms with E-state index in [-0.39, 0.29) is 0 Å². The molecule has 0 fully saturated rings. The van der Waals surface area contributed by atoms with Crippen LogP contribution in [-0.2, 0) is 0 Å². The number of hydrogen-bond donors (Lipinski definition) is 1. The van der Waals surface area contributed by atoms with Crippen molar-refractivity contribution in [3.8, 4) is 34.3 Å². The van der Waals surface area contributed by atoms with E-state index in [4.69, 9.17) is 18.9 Å². The number of benzene rings is 2. The second-order valence-electron chi connectivity index (χ2n) is 5.99. The van der Waals surface area contributed by atoms with Gasteiger partial charge >= 0.3 is 0 Å². The summed E-state index contributed by atoms with van der Waals surface area (Å²) in [6, 6.07) is 11.4. The molecular weight excluding hydrogens is 390 g/mol. The second-order valence-corrected chi connectivity index (χ2v) is 6.84. The number of hydrazone groups is 1. The summed E-state index contributed by atoms with van der Waals surface area (Å²) < 4.78 is 21.3. The number of rotatable bonds is 8. The highest BCUT2D eigenvalue weighted by atomic mass is 32.1. The fraction of sp³-hybridized carbons (Fsp3) is 0.238. The van der Waals surface area contributed by atoms with Crippen molar-refractivity contribution >= 4 is 22.2 Å². The topological polar surface area (TPSA) is 74.2 Å². The minimum atomic E-state index is 0.657. The third-order valence-corrected chi connectivity index (χ3v) is 5.05. The predicted octanol–water partition coefficient (Wildman–Crippen LogP) is 4.68. The van der Waals surface area contributed by atoms with Gasteiger partial charge in [0.1, 0.15) is 0 Å². The first-order valence-corrected chi connectivity index (χ1v) is 9.68. The lowest BCUT2D eigenvalue weighted by molar-refractivity contribution is 0.355. The zero-order valence-corrected chi connectivity index (χ0v) is 17.8. The van der Waals surface area contributed by atoms with Gasteiger partial charge in [-0.25, -0.2) is 4.98 Å². The van der Waals surface area contributed by atoms with Crippen LogP contribution in [0.5, 0.6) is 23.0 Å². The predicted molar refractivity (Wildman–Crippen MR) is 116 cm³/mol. The van der Waals surface area contributed by atoms with Crippen LogP contribution in [0.2, 0.25) is 0 Å². The molecule has 0 saturated heterocycles. The van der Waals surface area contributed by atoms with Crippen LogP contribution in [0.4, 0.5) is 5.13 Å². The van der Waals surface area contributed by atoms with Crippen LogP contribution >= 0.6 is 11.3 Å². The maximum atomic E-state index is 5.36. The van der Waals surface area contributed by atoms with Gasteiger partial charge in [-0.1, -0.05) is 0 Å². The smallest absolute Gasteiger partial charge is 0.203 e. The number of nitrogens with zero attached hydrogens (tertiary/aromatic N) is 2. The molecule has 1 heterocycles. The Morgan fingerprint density at radius 3 is 2.14 bits per heavy atom. The molecule has 1 aromatic heterocycles. The molecule has 0 aliphatic carbocycles. The standard InChI is InChI=1S/C21H23N3O4S/c1-13(14-6-8-17(25-2)19(10-14)27-4)23-24-21-22-16(12-29-21)15-7-9-18(26-3)20(11-15)28-5/h6-12H,1-5H3,(H,22,24)/b23-13-. The summed E-state index contributed by atoms with van der Waals surface area (Å²) in [5.41, 5.74) is 6.51. The van der Waals surface area contributed by atoms with E-state index in [0.717, 1.165) is 22.5 Å². The number of anilines is 1. The SMILES string of the molecule is COc1ccc(/C(C)=N\Nc2nc(-c3ccc(OC)c(OC)c3)cs2)cc1OC. The molecule has 3 rings (SSSR count). The lowest BCUT2D eigenvalue weighted by atomic mass is 10.1. The number of nitrogens with one attached hydrogen (secondary N) is 1. The summed E-state index contributed by atoms with van der Waals surface area (Å²) in [5.74, 6) is 2.68. The van der Waals surface area contributed by atoms with E-state index >= 15 is 0 Å². The van der Waals surface area contributed by atoms with Crippen molar-refractivity contribution in [3.63, 3.8) is 0 Å². The van der Waals surface area contributed by atoms with Crippen molar-refractivity contribution < 1.29 is 18.9 Å². The molecule has 8 heteroatoms. The zero-order valence-electron chi connectivity index (χ0n) is 17.0. The van der Waals surface area contributed by atoms with Gasteiger partial charge in [0, 0.05) is 16.5 Å². The van der Waals surface area contributed by atoms with Crippen LogP contribution in [0, 0.1) is 0 Å². The molecule has 2 aromatic carbocycles. The van der Waals surface area contributed by atoms with Gasteiger partial charge in [0.05, 0.1) is 39.8 Å². The van der Waals surface area contributed by atoms with Gasteiger partial charge < -0.3 is 18.9 Å². The van der Waals surface area contributed by atoms with Crippen LogP contribution in [0.1, 0.15) is 12.5 Å². The van der Waals surface area contributed by atoms with Crippen molar-refractivity contribution in [2.24, 2.45) is 5.10 Å². The molecular formula is C21H23N3O4S. The lowest BCUT2D eigenvalue weighted by Gasteiger charge is -2.09.